The second-order valence-corrected chi connectivity index (χ2v) is 6.32. The Labute approximate surface area is 173 Å². The molecule has 0 N–H and O–H groups in total. The fraction of sp³-hybridized carbons (Fsp3) is 0.364. The van der Waals surface area contributed by atoms with Crippen LogP contribution < -0.4 is 4.74 Å². The molecule has 2 rings (SSSR count). The summed E-state index contributed by atoms with van der Waals surface area (Å²) >= 11 is 0. The van der Waals surface area contributed by atoms with E-state index in [4.69, 9.17) is 18.9 Å². The highest BCUT2D eigenvalue weighted by atomic mass is 19.2. The monoisotopic (exact) mass is 422 g/mol. The summed E-state index contributed by atoms with van der Waals surface area (Å²) in [4.78, 5) is 25.7. The second kappa shape index (κ2) is 10.7. The molecule has 0 aliphatic rings. The Bertz CT molecular complexity index is 848. The van der Waals surface area contributed by atoms with E-state index in [-0.39, 0.29) is 25.4 Å². The minimum absolute atomic E-state index is 0.0256. The van der Waals surface area contributed by atoms with Crippen molar-refractivity contribution in [3.8, 4) is 5.75 Å². The molecule has 0 fully saturated rings. The predicted molar refractivity (Wildman–Crippen MR) is 104 cm³/mol. The van der Waals surface area contributed by atoms with Crippen LogP contribution in [0.2, 0.25) is 0 Å². The average molecular weight is 422 g/mol. The molecule has 162 valence electrons. The lowest BCUT2D eigenvalue weighted by atomic mass is 9.80. The van der Waals surface area contributed by atoms with E-state index in [1.165, 1.54) is 0 Å². The molecular formula is C22H24F2O6. The number of methoxy groups -OCH3 is 1. The van der Waals surface area contributed by atoms with Crippen LogP contribution in [-0.2, 0) is 35.8 Å². The highest BCUT2D eigenvalue weighted by Crippen LogP contribution is 2.30. The molecule has 0 aromatic heterocycles. The van der Waals surface area contributed by atoms with E-state index >= 15 is 0 Å². The third-order valence-corrected chi connectivity index (χ3v) is 4.41. The van der Waals surface area contributed by atoms with Gasteiger partial charge in [0.1, 0.15) is 5.75 Å². The molecule has 0 saturated heterocycles. The van der Waals surface area contributed by atoms with Crippen LogP contribution in [0.25, 0.3) is 0 Å². The summed E-state index contributed by atoms with van der Waals surface area (Å²) in [5, 5.41) is 0. The van der Waals surface area contributed by atoms with E-state index in [2.05, 4.69) is 0 Å². The third kappa shape index (κ3) is 5.13. The Morgan fingerprint density at radius 1 is 0.900 bits per heavy atom. The first-order valence-electron chi connectivity index (χ1n) is 9.39. The smallest absolute Gasteiger partial charge is 0.330 e. The molecule has 0 spiro atoms. The van der Waals surface area contributed by atoms with Crippen molar-refractivity contribution in [1.82, 2.24) is 0 Å². The van der Waals surface area contributed by atoms with E-state index in [1.807, 2.05) is 0 Å². The van der Waals surface area contributed by atoms with Crippen molar-refractivity contribution in [3.63, 3.8) is 0 Å². The van der Waals surface area contributed by atoms with Gasteiger partial charge in [-0.1, -0.05) is 18.2 Å². The Morgan fingerprint density at radius 2 is 1.50 bits per heavy atom. The molecule has 0 heterocycles. The number of hydrogen-bond acceptors (Lipinski definition) is 6. The van der Waals surface area contributed by atoms with Crippen molar-refractivity contribution < 1.29 is 37.3 Å². The molecule has 2 aromatic carbocycles. The van der Waals surface area contributed by atoms with Gasteiger partial charge in [-0.15, -0.1) is 0 Å². The minimum atomic E-state index is -2.10. The molecule has 30 heavy (non-hydrogen) atoms. The summed E-state index contributed by atoms with van der Waals surface area (Å²) < 4.78 is 48.3. The molecule has 0 amide bonds. The first-order valence-corrected chi connectivity index (χ1v) is 9.39. The second-order valence-electron chi connectivity index (χ2n) is 6.32. The molecule has 2 aromatic rings. The zero-order valence-electron chi connectivity index (χ0n) is 17.1. The summed E-state index contributed by atoms with van der Waals surface area (Å²) in [5.41, 5.74) is -1.47. The Hall–Kier alpha value is -3.00. The first-order chi connectivity index (χ1) is 14.4. The van der Waals surface area contributed by atoms with Crippen molar-refractivity contribution in [3.05, 3.63) is 65.2 Å². The van der Waals surface area contributed by atoms with Gasteiger partial charge in [-0.25, -0.2) is 8.78 Å². The molecule has 0 bridgehead atoms. The lowest BCUT2D eigenvalue weighted by molar-refractivity contribution is -0.168. The standard InChI is InChI=1S/C22H24F2O6/c1-4-29-20(25)22(21(26)30-5-2,16-8-11-18(23)19(24)12-16)14-28-13-15-6-9-17(27-3)10-7-15/h6-12H,4-5,13-14H2,1-3H3. The highest BCUT2D eigenvalue weighted by molar-refractivity contribution is 6.06. The van der Waals surface area contributed by atoms with Gasteiger partial charge >= 0.3 is 11.9 Å². The van der Waals surface area contributed by atoms with Gasteiger partial charge in [0.2, 0.25) is 5.41 Å². The number of carbonyl (C=O) groups is 2. The quantitative estimate of drug-likeness (QED) is 0.431. The molecule has 0 aliphatic heterocycles. The number of halogens is 2. The van der Waals surface area contributed by atoms with Crippen LogP contribution in [0.3, 0.4) is 0 Å². The summed E-state index contributed by atoms with van der Waals surface area (Å²) in [7, 11) is 1.54. The minimum Gasteiger partial charge on any atom is -0.497 e. The van der Waals surface area contributed by atoms with Gasteiger partial charge in [0.25, 0.3) is 0 Å². The van der Waals surface area contributed by atoms with Crippen molar-refractivity contribution in [2.75, 3.05) is 26.9 Å². The van der Waals surface area contributed by atoms with Crippen molar-refractivity contribution in [2.45, 2.75) is 25.9 Å². The van der Waals surface area contributed by atoms with Gasteiger partial charge in [-0.05, 0) is 49.2 Å². The molecule has 6 nitrogen and oxygen atoms in total. The fourth-order valence-electron chi connectivity index (χ4n) is 2.83. The zero-order valence-corrected chi connectivity index (χ0v) is 17.1. The number of rotatable bonds is 10. The van der Waals surface area contributed by atoms with Crippen molar-refractivity contribution >= 4 is 11.9 Å². The molecule has 0 atom stereocenters. The lowest BCUT2D eigenvalue weighted by Gasteiger charge is -2.29. The molecular weight excluding hydrogens is 398 g/mol. The van der Waals surface area contributed by atoms with Gasteiger partial charge < -0.3 is 18.9 Å². The maximum atomic E-state index is 13.9. The van der Waals surface area contributed by atoms with Crippen molar-refractivity contribution in [2.24, 2.45) is 0 Å². The maximum absolute atomic E-state index is 13.9. The number of carbonyl (C=O) groups excluding carboxylic acids is 2. The number of benzene rings is 2. The Balaban J connectivity index is 2.39. The molecule has 0 aliphatic carbocycles. The maximum Gasteiger partial charge on any atom is 0.330 e. The van der Waals surface area contributed by atoms with Crippen LogP contribution in [0.4, 0.5) is 8.78 Å². The van der Waals surface area contributed by atoms with Crippen LogP contribution in [0.1, 0.15) is 25.0 Å². The Morgan fingerprint density at radius 3 is 2.00 bits per heavy atom. The van der Waals surface area contributed by atoms with Gasteiger partial charge in [-0.3, -0.25) is 9.59 Å². The van der Waals surface area contributed by atoms with Crippen LogP contribution in [0, 0.1) is 11.6 Å². The topological polar surface area (TPSA) is 71.1 Å². The summed E-state index contributed by atoms with van der Waals surface area (Å²) in [5.74, 6) is -3.60. The normalized spacial score (nSPS) is 11.1. The number of hydrogen-bond donors (Lipinski definition) is 0. The average Bonchev–Trinajstić information content (AvgIpc) is 2.74. The van der Waals surface area contributed by atoms with Crippen LogP contribution in [0.15, 0.2) is 42.5 Å². The summed E-state index contributed by atoms with van der Waals surface area (Å²) in [6.45, 7) is 2.65. The van der Waals surface area contributed by atoms with Crippen LogP contribution in [0.5, 0.6) is 5.75 Å². The first kappa shape index (κ1) is 23.3. The summed E-state index contributed by atoms with van der Waals surface area (Å²) in [6, 6.07) is 9.74. The number of esters is 2. The van der Waals surface area contributed by atoms with Gasteiger partial charge in [0.15, 0.2) is 11.6 Å². The van der Waals surface area contributed by atoms with Gasteiger partial charge in [0, 0.05) is 0 Å². The van der Waals surface area contributed by atoms with E-state index in [1.54, 1.807) is 45.2 Å². The van der Waals surface area contributed by atoms with E-state index < -0.39 is 35.6 Å². The lowest BCUT2D eigenvalue weighted by Crippen LogP contribution is -2.50. The SMILES string of the molecule is CCOC(=O)C(COCc1ccc(OC)cc1)(C(=O)OCC)c1ccc(F)c(F)c1. The third-order valence-electron chi connectivity index (χ3n) is 4.41. The predicted octanol–water partition coefficient (Wildman–Crippen LogP) is 3.55. The van der Waals surface area contributed by atoms with Crippen LogP contribution >= 0.6 is 0 Å². The van der Waals surface area contributed by atoms with Gasteiger partial charge in [-0.2, -0.15) is 0 Å². The van der Waals surface area contributed by atoms with Gasteiger partial charge in [0.05, 0.1) is 33.5 Å². The van der Waals surface area contributed by atoms with E-state index in [0.717, 1.165) is 23.8 Å². The van der Waals surface area contributed by atoms with Crippen LogP contribution in [-0.4, -0.2) is 38.9 Å². The Kier molecular flexibility index (Phi) is 8.29. The molecule has 0 radical (unpaired) electrons. The highest BCUT2D eigenvalue weighted by Gasteiger charge is 2.51. The largest absolute Gasteiger partial charge is 0.497 e. The van der Waals surface area contributed by atoms with E-state index in [9.17, 15) is 18.4 Å². The fourth-order valence-corrected chi connectivity index (χ4v) is 2.83. The van der Waals surface area contributed by atoms with E-state index in [0.29, 0.717) is 5.75 Å². The summed E-state index contributed by atoms with van der Waals surface area (Å²) in [6.07, 6.45) is 0. The molecule has 8 heteroatoms. The zero-order chi connectivity index (χ0) is 22.1. The number of ether oxygens (including phenoxy) is 4. The van der Waals surface area contributed by atoms with Crippen molar-refractivity contribution in [1.29, 1.82) is 0 Å². The molecule has 0 unspecified atom stereocenters. The molecule has 0 saturated carbocycles.